The number of hydrogen-bond acceptors (Lipinski definition) is 0. The van der Waals surface area contributed by atoms with Crippen LogP contribution in [0, 0.1) is 0 Å². The van der Waals surface area contributed by atoms with E-state index in [0.29, 0.717) is 15.1 Å². The first-order valence-corrected chi connectivity index (χ1v) is 4.04. The van der Waals surface area contributed by atoms with Gasteiger partial charge in [-0.1, -0.05) is 47.4 Å². The van der Waals surface area contributed by atoms with Gasteiger partial charge in [-0.3, -0.25) is 0 Å². The second-order valence-corrected chi connectivity index (χ2v) is 3.33. The first kappa shape index (κ1) is 8.92. The zero-order chi connectivity index (χ0) is 8.43. The Balaban J connectivity index is 3.20. The third kappa shape index (κ3) is 2.13. The minimum atomic E-state index is 0.423. The zero-order valence-corrected chi connectivity index (χ0v) is 7.84. The summed E-state index contributed by atoms with van der Waals surface area (Å²) in [4.78, 5) is 0. The molecule has 0 saturated heterocycles. The molecule has 0 aliphatic rings. The van der Waals surface area contributed by atoms with Gasteiger partial charge in [0.25, 0.3) is 0 Å². The van der Waals surface area contributed by atoms with Crippen molar-refractivity contribution in [2.24, 2.45) is 0 Å². The fourth-order valence-electron chi connectivity index (χ4n) is 0.709. The van der Waals surface area contributed by atoms with E-state index in [9.17, 15) is 0 Å². The molecule has 0 amide bonds. The smallest absolute Gasteiger partial charge is 0.0507 e. The molecule has 0 heterocycles. The maximum Gasteiger partial charge on any atom is 0.0507 e. The molecule has 11 heavy (non-hydrogen) atoms. The fraction of sp³-hybridized carbons (Fsp3) is 0. The van der Waals surface area contributed by atoms with Crippen LogP contribution in [0.1, 0.15) is 5.56 Å². The molecule has 0 aliphatic carbocycles. The number of rotatable bonds is 1. The maximum absolute atomic E-state index is 5.79. The summed E-state index contributed by atoms with van der Waals surface area (Å²) in [6.07, 6.45) is 0. The lowest BCUT2D eigenvalue weighted by molar-refractivity contribution is 1.65. The largest absolute Gasteiger partial charge is 0.0843 e. The molecular formula is C8H5Cl3. The molecule has 0 atom stereocenters. The van der Waals surface area contributed by atoms with Crippen molar-refractivity contribution in [2.45, 2.75) is 0 Å². The van der Waals surface area contributed by atoms with E-state index in [0.717, 1.165) is 5.56 Å². The van der Waals surface area contributed by atoms with Crippen molar-refractivity contribution in [3.63, 3.8) is 0 Å². The van der Waals surface area contributed by atoms with E-state index < -0.39 is 0 Å². The summed E-state index contributed by atoms with van der Waals surface area (Å²) < 4.78 is 0. The normalized spacial score (nSPS) is 9.73. The summed E-state index contributed by atoms with van der Waals surface area (Å²) >= 11 is 17.1. The van der Waals surface area contributed by atoms with Crippen molar-refractivity contribution in [1.29, 1.82) is 0 Å². The molecular weight excluding hydrogens is 202 g/mol. The molecule has 1 rings (SSSR count). The van der Waals surface area contributed by atoms with E-state index in [2.05, 4.69) is 6.58 Å². The molecule has 0 unspecified atom stereocenters. The predicted octanol–water partition coefficient (Wildman–Crippen LogP) is 4.20. The van der Waals surface area contributed by atoms with E-state index in [4.69, 9.17) is 34.8 Å². The third-order valence-electron chi connectivity index (χ3n) is 1.22. The van der Waals surface area contributed by atoms with Crippen molar-refractivity contribution in [3.8, 4) is 0 Å². The number of halogens is 3. The van der Waals surface area contributed by atoms with E-state index in [1.54, 1.807) is 18.2 Å². The lowest BCUT2D eigenvalue weighted by Gasteiger charge is -2.00. The molecule has 0 aliphatic heterocycles. The van der Waals surface area contributed by atoms with Gasteiger partial charge in [0.15, 0.2) is 0 Å². The minimum absolute atomic E-state index is 0.423. The van der Waals surface area contributed by atoms with Crippen molar-refractivity contribution in [1.82, 2.24) is 0 Å². The average molecular weight is 207 g/mol. The molecule has 0 saturated carbocycles. The highest BCUT2D eigenvalue weighted by atomic mass is 35.5. The highest BCUT2D eigenvalue weighted by Crippen LogP contribution is 2.27. The van der Waals surface area contributed by atoms with E-state index in [-0.39, 0.29) is 0 Å². The second-order valence-electron chi connectivity index (χ2n) is 2.03. The van der Waals surface area contributed by atoms with Crippen LogP contribution < -0.4 is 0 Å². The highest BCUT2D eigenvalue weighted by Gasteiger charge is 2.01. The van der Waals surface area contributed by atoms with Gasteiger partial charge in [-0.15, -0.1) is 0 Å². The lowest BCUT2D eigenvalue weighted by atomic mass is 10.2. The van der Waals surface area contributed by atoms with Crippen LogP contribution in [-0.2, 0) is 0 Å². The second kappa shape index (κ2) is 3.48. The van der Waals surface area contributed by atoms with E-state index in [1.807, 2.05) is 0 Å². The number of benzene rings is 1. The summed E-state index contributed by atoms with van der Waals surface area (Å²) in [6.45, 7) is 3.55. The first-order chi connectivity index (χ1) is 5.11. The Labute approximate surface area is 80.4 Å². The molecule has 0 radical (unpaired) electrons. The van der Waals surface area contributed by atoms with Crippen molar-refractivity contribution >= 4 is 39.8 Å². The zero-order valence-electron chi connectivity index (χ0n) is 5.57. The summed E-state index contributed by atoms with van der Waals surface area (Å²) in [5, 5.41) is 1.54. The molecule has 0 N–H and O–H groups in total. The average Bonchev–Trinajstić information content (AvgIpc) is 1.85. The SMILES string of the molecule is C=C(Cl)c1ccc(Cl)cc1Cl. The van der Waals surface area contributed by atoms with Crippen LogP contribution in [0.3, 0.4) is 0 Å². The van der Waals surface area contributed by atoms with Gasteiger partial charge in [0.2, 0.25) is 0 Å². The van der Waals surface area contributed by atoms with Crippen molar-refractivity contribution < 1.29 is 0 Å². The predicted molar refractivity (Wildman–Crippen MR) is 51.3 cm³/mol. The topological polar surface area (TPSA) is 0 Å². The lowest BCUT2D eigenvalue weighted by Crippen LogP contribution is -1.77. The quantitative estimate of drug-likeness (QED) is 0.647. The van der Waals surface area contributed by atoms with Gasteiger partial charge in [0.05, 0.1) is 5.02 Å². The van der Waals surface area contributed by atoms with E-state index in [1.165, 1.54) is 0 Å². The Morgan fingerprint density at radius 1 is 1.27 bits per heavy atom. The molecule has 1 aromatic rings. The van der Waals surface area contributed by atoms with Gasteiger partial charge in [-0.05, 0) is 12.1 Å². The molecule has 0 fully saturated rings. The Hall–Kier alpha value is -0.170. The van der Waals surface area contributed by atoms with Crippen molar-refractivity contribution in [2.75, 3.05) is 0 Å². The third-order valence-corrected chi connectivity index (χ3v) is 1.97. The standard InChI is InChI=1S/C8H5Cl3/c1-5(9)7-3-2-6(10)4-8(7)11/h2-4H,1H2. The first-order valence-electron chi connectivity index (χ1n) is 2.91. The maximum atomic E-state index is 5.79. The summed E-state index contributed by atoms with van der Waals surface area (Å²) in [6, 6.07) is 5.09. The van der Waals surface area contributed by atoms with Crippen LogP contribution in [0.15, 0.2) is 24.8 Å². The molecule has 0 nitrogen and oxygen atoms in total. The van der Waals surface area contributed by atoms with Crippen LogP contribution in [-0.4, -0.2) is 0 Å². The van der Waals surface area contributed by atoms with E-state index >= 15 is 0 Å². The van der Waals surface area contributed by atoms with Gasteiger partial charge in [-0.25, -0.2) is 0 Å². The molecule has 0 bridgehead atoms. The van der Waals surface area contributed by atoms with Gasteiger partial charge >= 0.3 is 0 Å². The Kier molecular flexibility index (Phi) is 2.83. The summed E-state index contributed by atoms with van der Waals surface area (Å²) in [7, 11) is 0. The monoisotopic (exact) mass is 206 g/mol. The van der Waals surface area contributed by atoms with Crippen LogP contribution in [0.4, 0.5) is 0 Å². The number of hydrogen-bond donors (Lipinski definition) is 0. The van der Waals surface area contributed by atoms with Crippen LogP contribution in [0.25, 0.3) is 5.03 Å². The molecule has 0 spiro atoms. The van der Waals surface area contributed by atoms with Crippen LogP contribution >= 0.6 is 34.8 Å². The Morgan fingerprint density at radius 2 is 1.91 bits per heavy atom. The van der Waals surface area contributed by atoms with Crippen molar-refractivity contribution in [3.05, 3.63) is 40.4 Å². The van der Waals surface area contributed by atoms with Gasteiger partial charge in [0, 0.05) is 15.6 Å². The van der Waals surface area contributed by atoms with Gasteiger partial charge in [-0.2, -0.15) is 0 Å². The molecule has 1 aromatic carbocycles. The van der Waals surface area contributed by atoms with Crippen LogP contribution in [0.5, 0.6) is 0 Å². The van der Waals surface area contributed by atoms with Crippen LogP contribution in [0.2, 0.25) is 10.0 Å². The Morgan fingerprint density at radius 3 is 2.36 bits per heavy atom. The summed E-state index contributed by atoms with van der Waals surface area (Å²) in [5.74, 6) is 0. The molecule has 3 heteroatoms. The van der Waals surface area contributed by atoms with Gasteiger partial charge < -0.3 is 0 Å². The molecule has 0 aromatic heterocycles. The molecule has 58 valence electrons. The highest BCUT2D eigenvalue weighted by molar-refractivity contribution is 6.50. The Bertz CT molecular complexity index is 291. The minimum Gasteiger partial charge on any atom is -0.0843 e. The summed E-state index contributed by atoms with van der Waals surface area (Å²) in [5.41, 5.74) is 0.720. The van der Waals surface area contributed by atoms with Gasteiger partial charge in [0.1, 0.15) is 0 Å². The fourth-order valence-corrected chi connectivity index (χ4v) is 1.45.